The molecule has 0 aromatic heterocycles. The van der Waals surface area contributed by atoms with E-state index >= 15 is 0 Å². The van der Waals surface area contributed by atoms with Crippen LogP contribution in [0.5, 0.6) is 0 Å². The van der Waals surface area contributed by atoms with Gasteiger partial charge in [0.2, 0.25) is 0 Å². The molecule has 0 heterocycles. The van der Waals surface area contributed by atoms with Crippen molar-refractivity contribution in [3.63, 3.8) is 0 Å². The quantitative estimate of drug-likeness (QED) is 0.687. The van der Waals surface area contributed by atoms with E-state index in [1.54, 1.807) is 0 Å². The molecule has 1 atom stereocenters. The molecule has 0 amide bonds. The molecule has 1 rings (SSSR count). The van der Waals surface area contributed by atoms with Crippen LogP contribution in [0.4, 0.5) is 0 Å². The van der Waals surface area contributed by atoms with Crippen LogP contribution in [0.1, 0.15) is 18.0 Å². The Hall–Kier alpha value is -0.420. The number of nitrogens with one attached hydrogen (secondary N) is 1. The Morgan fingerprint density at radius 1 is 1.40 bits per heavy atom. The lowest BCUT2D eigenvalue weighted by Crippen LogP contribution is -2.29. The van der Waals surface area contributed by atoms with Gasteiger partial charge in [0.05, 0.1) is 0 Å². The average molecular weight is 273 g/mol. The topological polar surface area (TPSA) is 58.3 Å². The fourth-order valence-corrected chi connectivity index (χ4v) is 1.99. The highest BCUT2D eigenvalue weighted by molar-refractivity contribution is 9.10. The van der Waals surface area contributed by atoms with Crippen molar-refractivity contribution in [3.8, 4) is 0 Å². The minimum Gasteiger partial charge on any atom is -0.396 e. The molecule has 84 valence electrons. The molecule has 0 saturated heterocycles. The minimum absolute atomic E-state index is 0.145. The summed E-state index contributed by atoms with van der Waals surface area (Å²) in [4.78, 5) is 0. The average Bonchev–Trinajstić information content (AvgIpc) is 2.26. The Balaban J connectivity index is 2.61. The van der Waals surface area contributed by atoms with Crippen molar-refractivity contribution in [1.29, 1.82) is 0 Å². The monoisotopic (exact) mass is 272 g/mol. The van der Waals surface area contributed by atoms with Gasteiger partial charge in [0.25, 0.3) is 0 Å². The Labute approximate surface area is 98.8 Å². The number of aliphatic hydroxyl groups excluding tert-OH is 1. The van der Waals surface area contributed by atoms with E-state index in [1.165, 1.54) is 0 Å². The second-order valence-corrected chi connectivity index (χ2v) is 4.20. The molecular weight excluding hydrogens is 256 g/mol. The lowest BCUT2D eigenvalue weighted by atomic mass is 10.1. The highest BCUT2D eigenvalue weighted by Crippen LogP contribution is 2.22. The molecule has 0 fully saturated rings. The molecule has 0 aliphatic heterocycles. The molecule has 4 N–H and O–H groups in total. The van der Waals surface area contributed by atoms with Crippen molar-refractivity contribution in [2.75, 3.05) is 19.7 Å². The summed E-state index contributed by atoms with van der Waals surface area (Å²) in [7, 11) is 0. The van der Waals surface area contributed by atoms with Gasteiger partial charge in [-0.25, -0.2) is 0 Å². The summed E-state index contributed by atoms with van der Waals surface area (Å²) in [6.07, 6.45) is 0.751. The standard InChI is InChI=1S/C11H17BrN2O/c12-10-5-2-1-4-9(10)11(8-13)14-6-3-7-15/h1-2,4-5,11,14-15H,3,6-8,13H2. The van der Waals surface area contributed by atoms with E-state index < -0.39 is 0 Å². The Morgan fingerprint density at radius 2 is 2.13 bits per heavy atom. The first-order chi connectivity index (χ1) is 7.29. The molecular formula is C11H17BrN2O. The van der Waals surface area contributed by atoms with E-state index in [0.717, 1.165) is 23.0 Å². The maximum absolute atomic E-state index is 8.70. The molecule has 1 unspecified atom stereocenters. The number of nitrogens with two attached hydrogens (primary N) is 1. The van der Waals surface area contributed by atoms with Crippen LogP contribution in [0, 0.1) is 0 Å². The van der Waals surface area contributed by atoms with Crippen LogP contribution in [0.15, 0.2) is 28.7 Å². The molecule has 0 aliphatic carbocycles. The number of benzene rings is 1. The molecule has 15 heavy (non-hydrogen) atoms. The predicted molar refractivity (Wildman–Crippen MR) is 65.6 cm³/mol. The SMILES string of the molecule is NCC(NCCCO)c1ccccc1Br. The van der Waals surface area contributed by atoms with Gasteiger partial charge >= 0.3 is 0 Å². The summed E-state index contributed by atoms with van der Waals surface area (Å²) in [6, 6.07) is 8.18. The molecule has 3 nitrogen and oxygen atoms in total. The summed E-state index contributed by atoms with van der Waals surface area (Å²) < 4.78 is 1.07. The van der Waals surface area contributed by atoms with E-state index in [4.69, 9.17) is 10.8 Å². The molecule has 1 aromatic carbocycles. The zero-order valence-corrected chi connectivity index (χ0v) is 10.2. The van der Waals surface area contributed by atoms with Crippen molar-refractivity contribution in [2.45, 2.75) is 12.5 Å². The van der Waals surface area contributed by atoms with Crippen LogP contribution in [0.3, 0.4) is 0 Å². The predicted octanol–water partition coefficient (Wildman–Crippen LogP) is 1.42. The third kappa shape index (κ3) is 3.91. The highest BCUT2D eigenvalue weighted by Gasteiger charge is 2.10. The summed E-state index contributed by atoms with van der Waals surface area (Å²) in [5.74, 6) is 0. The highest BCUT2D eigenvalue weighted by atomic mass is 79.9. The minimum atomic E-state index is 0.145. The summed E-state index contributed by atoms with van der Waals surface area (Å²) in [6.45, 7) is 1.54. The normalized spacial score (nSPS) is 12.7. The van der Waals surface area contributed by atoms with Gasteiger partial charge in [-0.05, 0) is 24.6 Å². The van der Waals surface area contributed by atoms with Crippen LogP contribution >= 0.6 is 15.9 Å². The molecule has 0 aliphatic rings. The van der Waals surface area contributed by atoms with E-state index in [1.807, 2.05) is 24.3 Å². The molecule has 0 spiro atoms. The van der Waals surface area contributed by atoms with Gasteiger partial charge < -0.3 is 16.2 Å². The van der Waals surface area contributed by atoms with Gasteiger partial charge in [-0.1, -0.05) is 34.1 Å². The van der Waals surface area contributed by atoms with Crippen molar-refractivity contribution < 1.29 is 5.11 Å². The molecule has 0 radical (unpaired) electrons. The lowest BCUT2D eigenvalue weighted by Gasteiger charge is -2.18. The Bertz CT molecular complexity index is 294. The van der Waals surface area contributed by atoms with Crippen LogP contribution < -0.4 is 11.1 Å². The van der Waals surface area contributed by atoms with E-state index in [2.05, 4.69) is 21.2 Å². The zero-order valence-electron chi connectivity index (χ0n) is 8.62. The zero-order chi connectivity index (χ0) is 11.1. The van der Waals surface area contributed by atoms with Gasteiger partial charge in [0.15, 0.2) is 0 Å². The van der Waals surface area contributed by atoms with Crippen LogP contribution in [-0.4, -0.2) is 24.8 Å². The first-order valence-electron chi connectivity index (χ1n) is 5.08. The van der Waals surface area contributed by atoms with Crippen molar-refractivity contribution in [2.24, 2.45) is 5.73 Å². The lowest BCUT2D eigenvalue weighted by molar-refractivity contribution is 0.283. The third-order valence-corrected chi connectivity index (χ3v) is 2.96. The van der Waals surface area contributed by atoms with Crippen LogP contribution in [-0.2, 0) is 0 Å². The Kier molecular flexibility index (Phi) is 5.86. The van der Waals surface area contributed by atoms with Gasteiger partial charge in [0, 0.05) is 23.7 Å². The van der Waals surface area contributed by atoms with Crippen LogP contribution in [0.25, 0.3) is 0 Å². The van der Waals surface area contributed by atoms with Gasteiger partial charge in [-0.2, -0.15) is 0 Å². The first-order valence-corrected chi connectivity index (χ1v) is 5.87. The smallest absolute Gasteiger partial charge is 0.0455 e. The second kappa shape index (κ2) is 6.95. The maximum atomic E-state index is 8.70. The summed E-state index contributed by atoms with van der Waals surface area (Å²) >= 11 is 3.50. The molecule has 0 bridgehead atoms. The maximum Gasteiger partial charge on any atom is 0.0455 e. The Morgan fingerprint density at radius 3 is 2.73 bits per heavy atom. The molecule has 1 aromatic rings. The van der Waals surface area contributed by atoms with E-state index in [-0.39, 0.29) is 12.6 Å². The van der Waals surface area contributed by atoms with Crippen molar-refractivity contribution in [1.82, 2.24) is 5.32 Å². The summed E-state index contributed by atoms with van der Waals surface area (Å²) in [5.41, 5.74) is 6.87. The van der Waals surface area contributed by atoms with Gasteiger partial charge in [0.1, 0.15) is 0 Å². The number of hydrogen-bond acceptors (Lipinski definition) is 3. The first kappa shape index (κ1) is 12.6. The molecule has 4 heteroatoms. The second-order valence-electron chi connectivity index (χ2n) is 3.34. The summed E-state index contributed by atoms with van der Waals surface area (Å²) in [5, 5.41) is 12.0. The largest absolute Gasteiger partial charge is 0.396 e. The van der Waals surface area contributed by atoms with E-state index in [0.29, 0.717) is 6.54 Å². The fourth-order valence-electron chi connectivity index (χ4n) is 1.43. The molecule has 0 saturated carbocycles. The number of halogens is 1. The van der Waals surface area contributed by atoms with Crippen molar-refractivity contribution >= 4 is 15.9 Å². The fraction of sp³-hybridized carbons (Fsp3) is 0.455. The third-order valence-electron chi connectivity index (χ3n) is 2.24. The number of rotatable bonds is 6. The van der Waals surface area contributed by atoms with Gasteiger partial charge in [-0.3, -0.25) is 0 Å². The van der Waals surface area contributed by atoms with E-state index in [9.17, 15) is 0 Å². The van der Waals surface area contributed by atoms with Crippen LogP contribution in [0.2, 0.25) is 0 Å². The van der Waals surface area contributed by atoms with Crippen molar-refractivity contribution in [3.05, 3.63) is 34.3 Å². The number of aliphatic hydroxyl groups is 1. The number of hydrogen-bond donors (Lipinski definition) is 3. The van der Waals surface area contributed by atoms with Gasteiger partial charge in [-0.15, -0.1) is 0 Å².